The molecule has 0 radical (unpaired) electrons. The van der Waals surface area contributed by atoms with E-state index in [4.69, 9.17) is 0 Å². The second kappa shape index (κ2) is 4.89. The molecule has 4 rings (SSSR count). The minimum atomic E-state index is 0.754. The zero-order chi connectivity index (χ0) is 13.6. The van der Waals surface area contributed by atoms with Crippen molar-refractivity contribution in [3.63, 3.8) is 0 Å². The van der Waals surface area contributed by atoms with Crippen LogP contribution in [0.3, 0.4) is 0 Å². The van der Waals surface area contributed by atoms with Crippen LogP contribution in [-0.2, 0) is 0 Å². The standard InChI is InChI=1S/C20H32/c1-16-8-10-19(11-9-16)12-14-20(15-13-19)17-6-4-2-3-5-7-18(17)20/h17-18H,1-15H2. The van der Waals surface area contributed by atoms with Crippen molar-refractivity contribution in [1.82, 2.24) is 0 Å². The van der Waals surface area contributed by atoms with Crippen LogP contribution in [0.1, 0.15) is 89.9 Å². The molecular weight excluding hydrogens is 240 g/mol. The van der Waals surface area contributed by atoms with Gasteiger partial charge in [0.2, 0.25) is 0 Å². The maximum atomic E-state index is 4.21. The molecular formula is C20H32. The molecule has 0 aromatic carbocycles. The van der Waals surface area contributed by atoms with Crippen LogP contribution in [-0.4, -0.2) is 0 Å². The van der Waals surface area contributed by atoms with Crippen LogP contribution in [0, 0.1) is 22.7 Å². The van der Waals surface area contributed by atoms with Crippen molar-refractivity contribution in [2.75, 3.05) is 0 Å². The van der Waals surface area contributed by atoms with E-state index in [0.717, 1.165) is 22.7 Å². The van der Waals surface area contributed by atoms with Crippen molar-refractivity contribution in [3.05, 3.63) is 12.2 Å². The van der Waals surface area contributed by atoms with Gasteiger partial charge in [-0.1, -0.05) is 37.8 Å². The van der Waals surface area contributed by atoms with Crippen LogP contribution in [0.25, 0.3) is 0 Å². The van der Waals surface area contributed by atoms with Gasteiger partial charge in [-0.2, -0.15) is 0 Å². The average molecular weight is 272 g/mol. The van der Waals surface area contributed by atoms with E-state index in [9.17, 15) is 0 Å². The maximum absolute atomic E-state index is 4.21. The van der Waals surface area contributed by atoms with E-state index >= 15 is 0 Å². The number of hydrogen-bond donors (Lipinski definition) is 0. The van der Waals surface area contributed by atoms with Crippen molar-refractivity contribution < 1.29 is 0 Å². The van der Waals surface area contributed by atoms with E-state index in [1.54, 1.807) is 38.5 Å². The molecule has 0 heteroatoms. The van der Waals surface area contributed by atoms with Gasteiger partial charge in [0.25, 0.3) is 0 Å². The second-order valence-electron chi connectivity index (χ2n) is 8.69. The fraction of sp³-hybridized carbons (Fsp3) is 0.900. The first kappa shape index (κ1) is 13.4. The summed E-state index contributed by atoms with van der Waals surface area (Å²) in [4.78, 5) is 0. The van der Waals surface area contributed by atoms with E-state index in [-0.39, 0.29) is 0 Å². The van der Waals surface area contributed by atoms with Crippen molar-refractivity contribution in [1.29, 1.82) is 0 Å². The Bertz CT molecular complexity index is 355. The summed E-state index contributed by atoms with van der Waals surface area (Å²) in [6, 6.07) is 0. The third kappa shape index (κ3) is 2.09. The highest BCUT2D eigenvalue weighted by atomic mass is 14.7. The normalized spacial score (nSPS) is 39.1. The molecule has 0 nitrogen and oxygen atoms in total. The van der Waals surface area contributed by atoms with Gasteiger partial charge in [0.1, 0.15) is 0 Å². The number of allylic oxidation sites excluding steroid dienone is 1. The summed E-state index contributed by atoms with van der Waals surface area (Å²) in [6.45, 7) is 4.21. The molecule has 4 aliphatic carbocycles. The quantitative estimate of drug-likeness (QED) is 0.456. The van der Waals surface area contributed by atoms with Crippen molar-refractivity contribution >= 4 is 0 Å². The van der Waals surface area contributed by atoms with Crippen molar-refractivity contribution in [3.8, 4) is 0 Å². The predicted octanol–water partition coefficient (Wildman–Crippen LogP) is 6.26. The van der Waals surface area contributed by atoms with Crippen molar-refractivity contribution in [2.45, 2.75) is 89.9 Å². The highest BCUT2D eigenvalue weighted by Crippen LogP contribution is 2.72. The second-order valence-corrected chi connectivity index (χ2v) is 8.69. The van der Waals surface area contributed by atoms with Gasteiger partial charge in [0.15, 0.2) is 0 Å². The lowest BCUT2D eigenvalue weighted by Crippen LogP contribution is -2.31. The Labute approximate surface area is 125 Å². The molecule has 20 heavy (non-hydrogen) atoms. The molecule has 4 aliphatic rings. The summed E-state index contributed by atoms with van der Waals surface area (Å²) < 4.78 is 0. The predicted molar refractivity (Wildman–Crippen MR) is 85.6 cm³/mol. The summed E-state index contributed by atoms with van der Waals surface area (Å²) >= 11 is 0. The van der Waals surface area contributed by atoms with E-state index < -0.39 is 0 Å². The summed E-state index contributed by atoms with van der Waals surface area (Å²) in [5, 5.41) is 0. The third-order valence-electron chi connectivity index (χ3n) is 7.89. The van der Waals surface area contributed by atoms with Crippen LogP contribution in [0.4, 0.5) is 0 Å². The molecule has 0 saturated heterocycles. The number of rotatable bonds is 0. The molecule has 0 aliphatic heterocycles. The lowest BCUT2D eigenvalue weighted by atomic mass is 9.61. The molecule has 4 fully saturated rings. The summed E-state index contributed by atoms with van der Waals surface area (Å²) in [6.07, 6.45) is 21.2. The van der Waals surface area contributed by atoms with E-state index in [2.05, 4.69) is 6.58 Å². The maximum Gasteiger partial charge on any atom is -0.0235 e. The van der Waals surface area contributed by atoms with Gasteiger partial charge < -0.3 is 0 Å². The summed E-state index contributed by atoms with van der Waals surface area (Å²) in [5.41, 5.74) is 3.14. The van der Waals surface area contributed by atoms with E-state index in [0.29, 0.717) is 0 Å². The Hall–Kier alpha value is -0.260. The highest BCUT2D eigenvalue weighted by Gasteiger charge is 2.64. The Morgan fingerprint density at radius 1 is 0.700 bits per heavy atom. The van der Waals surface area contributed by atoms with Gasteiger partial charge in [-0.25, -0.2) is 0 Å². The van der Waals surface area contributed by atoms with Crippen LogP contribution < -0.4 is 0 Å². The molecule has 0 aromatic rings. The Morgan fingerprint density at radius 2 is 1.25 bits per heavy atom. The monoisotopic (exact) mass is 272 g/mol. The molecule has 112 valence electrons. The Kier molecular flexibility index (Phi) is 3.28. The molecule has 0 amide bonds. The minimum Gasteiger partial charge on any atom is -0.0999 e. The summed E-state index contributed by atoms with van der Waals surface area (Å²) in [5.74, 6) is 2.30. The molecule has 0 heterocycles. The Morgan fingerprint density at radius 3 is 1.80 bits per heavy atom. The molecule has 4 saturated carbocycles. The average Bonchev–Trinajstić information content (AvgIpc) is 3.01. The summed E-state index contributed by atoms with van der Waals surface area (Å²) in [7, 11) is 0. The largest absolute Gasteiger partial charge is 0.0999 e. The molecule has 0 N–H and O–H groups in total. The van der Waals surface area contributed by atoms with Gasteiger partial charge in [0.05, 0.1) is 0 Å². The fourth-order valence-electron chi connectivity index (χ4n) is 6.35. The molecule has 0 bridgehead atoms. The first-order chi connectivity index (χ1) is 9.74. The van der Waals surface area contributed by atoms with Crippen LogP contribution in [0.15, 0.2) is 12.2 Å². The van der Waals surface area contributed by atoms with Gasteiger partial charge in [-0.15, -0.1) is 0 Å². The number of fused-ring (bicyclic) bond motifs is 3. The van der Waals surface area contributed by atoms with Gasteiger partial charge >= 0.3 is 0 Å². The first-order valence-corrected chi connectivity index (χ1v) is 9.41. The van der Waals surface area contributed by atoms with Crippen LogP contribution >= 0.6 is 0 Å². The molecule has 2 spiro atoms. The molecule has 2 unspecified atom stereocenters. The zero-order valence-electron chi connectivity index (χ0n) is 13.3. The zero-order valence-corrected chi connectivity index (χ0v) is 13.3. The third-order valence-corrected chi connectivity index (χ3v) is 7.89. The fourth-order valence-corrected chi connectivity index (χ4v) is 6.35. The Balaban J connectivity index is 1.41. The topological polar surface area (TPSA) is 0 Å². The van der Waals surface area contributed by atoms with Gasteiger partial charge in [-0.3, -0.25) is 0 Å². The lowest BCUT2D eigenvalue weighted by molar-refractivity contribution is 0.0901. The van der Waals surface area contributed by atoms with E-state index in [1.807, 2.05) is 0 Å². The first-order valence-electron chi connectivity index (χ1n) is 9.41. The lowest BCUT2D eigenvalue weighted by Gasteiger charge is -2.44. The minimum absolute atomic E-state index is 0.754. The molecule has 2 atom stereocenters. The van der Waals surface area contributed by atoms with Crippen LogP contribution in [0.2, 0.25) is 0 Å². The van der Waals surface area contributed by atoms with Crippen LogP contribution in [0.5, 0.6) is 0 Å². The van der Waals surface area contributed by atoms with E-state index in [1.165, 1.54) is 56.9 Å². The van der Waals surface area contributed by atoms with Gasteiger partial charge in [0, 0.05) is 0 Å². The molecule has 0 aromatic heterocycles. The van der Waals surface area contributed by atoms with Crippen molar-refractivity contribution in [2.24, 2.45) is 22.7 Å². The SMILES string of the molecule is C=C1CCC2(CC1)CCC1(CC2)C2CCCCCCC21. The highest BCUT2D eigenvalue weighted by molar-refractivity contribution is 5.14. The van der Waals surface area contributed by atoms with Gasteiger partial charge in [-0.05, 0) is 86.9 Å². The number of hydrogen-bond acceptors (Lipinski definition) is 0. The smallest absolute Gasteiger partial charge is 0.0235 e.